The first-order valence-electron chi connectivity index (χ1n) is 13.6. The van der Waals surface area contributed by atoms with Gasteiger partial charge in [0.1, 0.15) is 5.58 Å². The van der Waals surface area contributed by atoms with E-state index in [1.165, 1.54) is 33.0 Å². The predicted octanol–water partition coefficient (Wildman–Crippen LogP) is 9.65. The zero-order valence-electron chi connectivity index (χ0n) is 22.1. The van der Waals surface area contributed by atoms with Gasteiger partial charge in [-0.2, -0.15) is 0 Å². The van der Waals surface area contributed by atoms with Crippen molar-refractivity contribution in [3.8, 4) is 33.5 Å². The first kappa shape index (κ1) is 23.4. The van der Waals surface area contributed by atoms with Crippen LogP contribution >= 0.6 is 0 Å². The molecule has 3 nitrogen and oxygen atoms in total. The van der Waals surface area contributed by atoms with Gasteiger partial charge in [0.05, 0.1) is 5.69 Å². The van der Waals surface area contributed by atoms with Crippen molar-refractivity contribution in [3.05, 3.63) is 121 Å². The number of rotatable bonds is 5. The fourth-order valence-corrected chi connectivity index (χ4v) is 5.50. The molecule has 0 radical (unpaired) electrons. The lowest BCUT2D eigenvalue weighted by molar-refractivity contribution is 0.655. The number of aryl methyl sites for hydroxylation is 2. The molecule has 0 fully saturated rings. The van der Waals surface area contributed by atoms with Gasteiger partial charge in [-0.25, -0.2) is 4.98 Å². The van der Waals surface area contributed by atoms with Crippen molar-refractivity contribution < 1.29 is 4.42 Å². The second-order valence-corrected chi connectivity index (χ2v) is 10.1. The highest BCUT2D eigenvalue weighted by Gasteiger charge is 2.13. The Morgan fingerprint density at radius 3 is 1.97 bits per heavy atom. The van der Waals surface area contributed by atoms with Crippen LogP contribution in [0.4, 0.5) is 0 Å². The number of para-hydroxylation sites is 1. The molecule has 3 heteroatoms. The van der Waals surface area contributed by atoms with E-state index in [9.17, 15) is 0 Å². The Bertz CT molecular complexity index is 1960. The van der Waals surface area contributed by atoms with Crippen LogP contribution < -0.4 is 0 Å². The Balaban J connectivity index is 1.22. The summed E-state index contributed by atoms with van der Waals surface area (Å²) >= 11 is 0. The van der Waals surface area contributed by atoms with Gasteiger partial charge in [-0.15, -0.1) is 0 Å². The van der Waals surface area contributed by atoms with E-state index in [1.54, 1.807) is 6.20 Å². The smallest absolute Gasteiger partial charge is 0.227 e. The highest BCUT2D eigenvalue weighted by Crippen LogP contribution is 2.35. The molecule has 0 spiro atoms. The SMILES string of the molecule is CCc1cc(CC)cc(-c2ccc3cc(-c4ccc(-c5cccc6c5oc5ncccc56)nc4)ccc3c2)c1. The Kier molecular flexibility index (Phi) is 5.70. The standard InChI is InChI=1S/C36H28N2O/c1-3-23-17-24(4-2)19-30(18-23)28-13-11-25-20-27(12-10-26(25)21-28)29-14-15-34(38-22-29)33-8-5-7-31-32-9-6-16-37-36(32)39-35(31)33/h5-22H,3-4H2,1-2H3. The lowest BCUT2D eigenvalue weighted by Gasteiger charge is -2.10. The molecule has 0 saturated carbocycles. The minimum Gasteiger partial charge on any atom is -0.437 e. The second kappa shape index (κ2) is 9.52. The van der Waals surface area contributed by atoms with Gasteiger partial charge in [0.2, 0.25) is 5.71 Å². The van der Waals surface area contributed by atoms with Crippen LogP contribution in [0.15, 0.2) is 114 Å². The summed E-state index contributed by atoms with van der Waals surface area (Å²) in [4.78, 5) is 9.21. The van der Waals surface area contributed by atoms with E-state index in [2.05, 4.69) is 97.7 Å². The molecule has 7 rings (SSSR count). The van der Waals surface area contributed by atoms with E-state index < -0.39 is 0 Å². The zero-order chi connectivity index (χ0) is 26.3. The molecule has 0 atom stereocenters. The van der Waals surface area contributed by atoms with Crippen LogP contribution in [0.3, 0.4) is 0 Å². The van der Waals surface area contributed by atoms with Crippen molar-refractivity contribution in [2.45, 2.75) is 26.7 Å². The van der Waals surface area contributed by atoms with Gasteiger partial charge < -0.3 is 4.42 Å². The molecule has 0 saturated heterocycles. The van der Waals surface area contributed by atoms with Crippen molar-refractivity contribution in [1.82, 2.24) is 9.97 Å². The molecule has 188 valence electrons. The van der Waals surface area contributed by atoms with Crippen molar-refractivity contribution in [2.24, 2.45) is 0 Å². The van der Waals surface area contributed by atoms with Crippen LogP contribution in [0, 0.1) is 0 Å². The van der Waals surface area contributed by atoms with E-state index >= 15 is 0 Å². The summed E-state index contributed by atoms with van der Waals surface area (Å²) in [7, 11) is 0. The van der Waals surface area contributed by atoms with Gasteiger partial charge in [0, 0.05) is 34.3 Å². The third kappa shape index (κ3) is 4.17. The first-order chi connectivity index (χ1) is 19.2. The molecule has 0 aliphatic heterocycles. The molecule has 39 heavy (non-hydrogen) atoms. The van der Waals surface area contributed by atoms with E-state index in [1.807, 2.05) is 24.4 Å². The number of hydrogen-bond acceptors (Lipinski definition) is 3. The predicted molar refractivity (Wildman–Crippen MR) is 162 cm³/mol. The van der Waals surface area contributed by atoms with Crippen LogP contribution in [0.1, 0.15) is 25.0 Å². The third-order valence-electron chi connectivity index (χ3n) is 7.69. The topological polar surface area (TPSA) is 38.9 Å². The normalized spacial score (nSPS) is 11.5. The fourth-order valence-electron chi connectivity index (χ4n) is 5.50. The number of nitrogens with zero attached hydrogens (tertiary/aromatic N) is 2. The van der Waals surface area contributed by atoms with Gasteiger partial charge >= 0.3 is 0 Å². The van der Waals surface area contributed by atoms with Crippen molar-refractivity contribution >= 4 is 32.8 Å². The number of hydrogen-bond donors (Lipinski definition) is 0. The zero-order valence-corrected chi connectivity index (χ0v) is 22.1. The van der Waals surface area contributed by atoms with E-state index in [-0.39, 0.29) is 0 Å². The highest BCUT2D eigenvalue weighted by molar-refractivity contribution is 6.08. The van der Waals surface area contributed by atoms with Crippen LogP contribution in [-0.2, 0) is 12.8 Å². The van der Waals surface area contributed by atoms with E-state index in [0.29, 0.717) is 5.71 Å². The maximum absolute atomic E-state index is 6.12. The van der Waals surface area contributed by atoms with E-state index in [4.69, 9.17) is 9.40 Å². The maximum atomic E-state index is 6.12. The molecule has 7 aromatic rings. The highest BCUT2D eigenvalue weighted by atomic mass is 16.3. The molecule has 4 aromatic carbocycles. The second-order valence-electron chi connectivity index (χ2n) is 10.1. The summed E-state index contributed by atoms with van der Waals surface area (Å²) < 4.78 is 6.12. The number of aromatic nitrogens is 2. The Labute approximate surface area is 227 Å². The number of pyridine rings is 2. The average Bonchev–Trinajstić information content (AvgIpc) is 3.39. The summed E-state index contributed by atoms with van der Waals surface area (Å²) in [6, 6.07) is 34.8. The molecule has 0 aliphatic rings. The Hall–Kier alpha value is -4.76. The van der Waals surface area contributed by atoms with E-state index in [0.717, 1.165) is 51.6 Å². The molecule has 0 aliphatic carbocycles. The molecule has 3 heterocycles. The lowest BCUT2D eigenvalue weighted by Crippen LogP contribution is -1.89. The van der Waals surface area contributed by atoms with Gasteiger partial charge in [0.15, 0.2) is 0 Å². The van der Waals surface area contributed by atoms with Crippen LogP contribution in [0.25, 0.3) is 66.4 Å². The molecular formula is C36H28N2O. The lowest BCUT2D eigenvalue weighted by atomic mass is 9.95. The van der Waals surface area contributed by atoms with Crippen LogP contribution in [0.5, 0.6) is 0 Å². The van der Waals surface area contributed by atoms with Gasteiger partial charge in [0.25, 0.3) is 0 Å². The number of fused-ring (bicyclic) bond motifs is 4. The van der Waals surface area contributed by atoms with Crippen molar-refractivity contribution in [1.29, 1.82) is 0 Å². The van der Waals surface area contributed by atoms with Gasteiger partial charge in [-0.1, -0.05) is 74.5 Å². The van der Waals surface area contributed by atoms with Crippen LogP contribution in [0.2, 0.25) is 0 Å². The molecular weight excluding hydrogens is 476 g/mol. The molecule has 0 bridgehead atoms. The number of benzene rings is 4. The van der Waals surface area contributed by atoms with Crippen molar-refractivity contribution in [2.75, 3.05) is 0 Å². The first-order valence-corrected chi connectivity index (χ1v) is 13.6. The van der Waals surface area contributed by atoms with Gasteiger partial charge in [-0.05, 0) is 87.8 Å². The summed E-state index contributed by atoms with van der Waals surface area (Å²) in [5, 5.41) is 4.55. The van der Waals surface area contributed by atoms with Crippen molar-refractivity contribution in [3.63, 3.8) is 0 Å². The Morgan fingerprint density at radius 2 is 1.28 bits per heavy atom. The monoisotopic (exact) mass is 504 g/mol. The number of furan rings is 1. The fraction of sp³-hybridized carbons (Fsp3) is 0.111. The molecule has 0 unspecified atom stereocenters. The summed E-state index contributed by atoms with van der Waals surface area (Å²) in [6.45, 7) is 4.44. The summed E-state index contributed by atoms with van der Waals surface area (Å²) in [5.41, 5.74) is 10.9. The maximum Gasteiger partial charge on any atom is 0.227 e. The molecule has 3 aromatic heterocycles. The summed E-state index contributed by atoms with van der Waals surface area (Å²) in [6.07, 6.45) is 5.81. The quantitative estimate of drug-likeness (QED) is 0.234. The van der Waals surface area contributed by atoms with Gasteiger partial charge in [-0.3, -0.25) is 4.98 Å². The minimum atomic E-state index is 0.653. The minimum absolute atomic E-state index is 0.653. The molecule has 0 amide bonds. The Morgan fingerprint density at radius 1 is 0.590 bits per heavy atom. The third-order valence-corrected chi connectivity index (χ3v) is 7.69. The largest absolute Gasteiger partial charge is 0.437 e. The van der Waals surface area contributed by atoms with Crippen LogP contribution in [-0.4, -0.2) is 9.97 Å². The average molecular weight is 505 g/mol. The molecule has 0 N–H and O–H groups in total. The summed E-state index contributed by atoms with van der Waals surface area (Å²) in [5.74, 6) is 0.